The van der Waals surface area contributed by atoms with Gasteiger partial charge in [-0.05, 0) is 67.9 Å². The predicted molar refractivity (Wildman–Crippen MR) is 85.8 cm³/mol. The Hall–Kier alpha value is -0.820. The third-order valence-corrected chi connectivity index (χ3v) is 5.01. The monoisotopic (exact) mass is 274 g/mol. The standard InChI is InChI=1S/C19H30O/c1-18(2,3)15-12-10-14(11-13-15)16-8-6-7-9-17(16)19(4,5)20/h6-9,14-15,20H,10-13H2,1-5H3. The Balaban J connectivity index is 2.16. The van der Waals surface area contributed by atoms with Gasteiger partial charge in [0.25, 0.3) is 0 Å². The molecule has 1 nitrogen and oxygen atoms in total. The molecule has 1 N–H and O–H groups in total. The number of hydrogen-bond acceptors (Lipinski definition) is 1. The largest absolute Gasteiger partial charge is 0.386 e. The lowest BCUT2D eigenvalue weighted by Gasteiger charge is -2.38. The van der Waals surface area contributed by atoms with Crippen LogP contribution in [-0.4, -0.2) is 5.11 Å². The van der Waals surface area contributed by atoms with Crippen LogP contribution in [0.4, 0.5) is 0 Å². The van der Waals surface area contributed by atoms with Gasteiger partial charge in [-0.25, -0.2) is 0 Å². The molecule has 0 amide bonds. The average molecular weight is 274 g/mol. The zero-order chi connectivity index (χ0) is 15.0. The fourth-order valence-corrected chi connectivity index (χ4v) is 3.68. The van der Waals surface area contributed by atoms with E-state index in [1.54, 1.807) is 0 Å². The molecule has 1 aliphatic carbocycles. The molecule has 0 aromatic heterocycles. The van der Waals surface area contributed by atoms with Gasteiger partial charge in [-0.2, -0.15) is 0 Å². The fourth-order valence-electron chi connectivity index (χ4n) is 3.68. The lowest BCUT2D eigenvalue weighted by molar-refractivity contribution is 0.0763. The summed E-state index contributed by atoms with van der Waals surface area (Å²) in [7, 11) is 0. The zero-order valence-corrected chi connectivity index (χ0v) is 13.7. The molecule has 0 radical (unpaired) electrons. The van der Waals surface area contributed by atoms with Crippen LogP contribution in [0.1, 0.15) is 77.3 Å². The molecule has 0 atom stereocenters. The maximum absolute atomic E-state index is 10.4. The van der Waals surface area contributed by atoms with Crippen LogP contribution in [0.5, 0.6) is 0 Å². The lowest BCUT2D eigenvalue weighted by Crippen LogP contribution is -2.26. The van der Waals surface area contributed by atoms with Gasteiger partial charge in [0.15, 0.2) is 0 Å². The molecule has 20 heavy (non-hydrogen) atoms. The molecule has 1 heteroatoms. The smallest absolute Gasteiger partial charge is 0.0843 e. The Morgan fingerprint density at radius 2 is 1.45 bits per heavy atom. The summed E-state index contributed by atoms with van der Waals surface area (Å²) < 4.78 is 0. The van der Waals surface area contributed by atoms with E-state index in [4.69, 9.17) is 0 Å². The Kier molecular flexibility index (Phi) is 4.30. The first kappa shape index (κ1) is 15.6. The van der Waals surface area contributed by atoms with Crippen LogP contribution in [0.3, 0.4) is 0 Å². The van der Waals surface area contributed by atoms with Crippen molar-refractivity contribution in [2.45, 2.75) is 71.8 Å². The first-order chi connectivity index (χ1) is 9.19. The van der Waals surface area contributed by atoms with E-state index >= 15 is 0 Å². The van der Waals surface area contributed by atoms with Crippen LogP contribution in [-0.2, 0) is 5.60 Å². The topological polar surface area (TPSA) is 20.2 Å². The van der Waals surface area contributed by atoms with Crippen molar-refractivity contribution in [3.8, 4) is 0 Å². The van der Waals surface area contributed by atoms with E-state index in [0.717, 1.165) is 11.5 Å². The summed E-state index contributed by atoms with van der Waals surface area (Å²) in [5.74, 6) is 1.46. The van der Waals surface area contributed by atoms with Gasteiger partial charge in [-0.3, -0.25) is 0 Å². The van der Waals surface area contributed by atoms with Gasteiger partial charge in [0.1, 0.15) is 0 Å². The van der Waals surface area contributed by atoms with Crippen LogP contribution in [0, 0.1) is 11.3 Å². The fraction of sp³-hybridized carbons (Fsp3) is 0.684. The Bertz CT molecular complexity index is 440. The molecular formula is C19H30O. The minimum atomic E-state index is -0.739. The zero-order valence-electron chi connectivity index (χ0n) is 13.7. The molecule has 1 aliphatic rings. The molecule has 0 unspecified atom stereocenters. The second-order valence-corrected chi connectivity index (χ2v) is 8.06. The van der Waals surface area contributed by atoms with Crippen molar-refractivity contribution < 1.29 is 5.11 Å². The summed E-state index contributed by atoms with van der Waals surface area (Å²) >= 11 is 0. The van der Waals surface area contributed by atoms with E-state index < -0.39 is 5.60 Å². The van der Waals surface area contributed by atoms with Crippen molar-refractivity contribution in [1.29, 1.82) is 0 Å². The molecule has 0 bridgehead atoms. The Labute approximate surface area is 124 Å². The van der Waals surface area contributed by atoms with Crippen LogP contribution < -0.4 is 0 Å². The highest BCUT2D eigenvalue weighted by Crippen LogP contribution is 2.44. The van der Waals surface area contributed by atoms with Crippen molar-refractivity contribution in [2.75, 3.05) is 0 Å². The van der Waals surface area contributed by atoms with Crippen LogP contribution in [0.15, 0.2) is 24.3 Å². The van der Waals surface area contributed by atoms with Crippen LogP contribution in [0.25, 0.3) is 0 Å². The summed E-state index contributed by atoms with van der Waals surface area (Å²) in [5.41, 5.74) is 2.17. The van der Waals surface area contributed by atoms with E-state index in [2.05, 4.69) is 39.0 Å². The first-order valence-electron chi connectivity index (χ1n) is 8.01. The van der Waals surface area contributed by atoms with Gasteiger partial charge in [0.05, 0.1) is 5.60 Å². The molecule has 112 valence electrons. The second kappa shape index (κ2) is 5.52. The maximum Gasteiger partial charge on any atom is 0.0843 e. The molecule has 0 heterocycles. The van der Waals surface area contributed by atoms with Crippen molar-refractivity contribution in [3.63, 3.8) is 0 Å². The van der Waals surface area contributed by atoms with E-state index in [0.29, 0.717) is 11.3 Å². The second-order valence-electron chi connectivity index (χ2n) is 8.06. The van der Waals surface area contributed by atoms with Gasteiger partial charge in [0.2, 0.25) is 0 Å². The van der Waals surface area contributed by atoms with Crippen molar-refractivity contribution >= 4 is 0 Å². The summed E-state index contributed by atoms with van der Waals surface area (Å²) in [6.07, 6.45) is 5.15. The molecule has 1 fully saturated rings. The van der Waals surface area contributed by atoms with Crippen molar-refractivity contribution in [2.24, 2.45) is 11.3 Å². The van der Waals surface area contributed by atoms with E-state index in [1.807, 2.05) is 19.9 Å². The molecule has 1 saturated carbocycles. The predicted octanol–water partition coefficient (Wildman–Crippen LogP) is 5.23. The van der Waals surface area contributed by atoms with Crippen molar-refractivity contribution in [1.82, 2.24) is 0 Å². The van der Waals surface area contributed by atoms with Crippen molar-refractivity contribution in [3.05, 3.63) is 35.4 Å². The SMILES string of the molecule is CC(C)(O)c1ccccc1C1CCC(C(C)(C)C)CC1. The van der Waals surface area contributed by atoms with E-state index in [9.17, 15) is 5.11 Å². The summed E-state index contributed by atoms with van der Waals surface area (Å²) in [5, 5.41) is 10.4. The summed E-state index contributed by atoms with van der Waals surface area (Å²) in [6.45, 7) is 10.9. The minimum absolute atomic E-state index is 0.431. The van der Waals surface area contributed by atoms with Crippen LogP contribution in [0.2, 0.25) is 0 Å². The minimum Gasteiger partial charge on any atom is -0.386 e. The highest BCUT2D eigenvalue weighted by molar-refractivity contribution is 5.34. The quantitative estimate of drug-likeness (QED) is 0.782. The average Bonchev–Trinajstić information content (AvgIpc) is 2.37. The van der Waals surface area contributed by atoms with Gasteiger partial charge >= 0.3 is 0 Å². The Morgan fingerprint density at radius 3 is 1.95 bits per heavy atom. The molecule has 0 saturated heterocycles. The molecule has 0 spiro atoms. The third-order valence-electron chi connectivity index (χ3n) is 5.01. The van der Waals surface area contributed by atoms with E-state index in [1.165, 1.54) is 31.2 Å². The number of benzene rings is 1. The van der Waals surface area contributed by atoms with E-state index in [-0.39, 0.29) is 0 Å². The number of rotatable bonds is 2. The molecule has 0 aliphatic heterocycles. The number of aliphatic hydroxyl groups is 1. The van der Waals surface area contributed by atoms with Crippen LogP contribution >= 0.6 is 0 Å². The Morgan fingerprint density at radius 1 is 0.900 bits per heavy atom. The molecule has 1 aromatic carbocycles. The van der Waals surface area contributed by atoms with Gasteiger partial charge < -0.3 is 5.11 Å². The highest BCUT2D eigenvalue weighted by Gasteiger charge is 2.32. The van der Waals surface area contributed by atoms with Gasteiger partial charge in [-0.15, -0.1) is 0 Å². The number of hydrogen-bond donors (Lipinski definition) is 1. The van der Waals surface area contributed by atoms with Gasteiger partial charge in [0, 0.05) is 0 Å². The first-order valence-corrected chi connectivity index (χ1v) is 8.01. The molecular weight excluding hydrogens is 244 g/mol. The highest BCUT2D eigenvalue weighted by atomic mass is 16.3. The maximum atomic E-state index is 10.4. The molecule has 2 rings (SSSR count). The summed E-state index contributed by atoms with van der Waals surface area (Å²) in [4.78, 5) is 0. The van der Waals surface area contributed by atoms with Gasteiger partial charge in [-0.1, -0.05) is 45.0 Å². The normalized spacial score (nSPS) is 24.7. The summed E-state index contributed by atoms with van der Waals surface area (Å²) in [6, 6.07) is 8.46. The lowest BCUT2D eigenvalue weighted by atomic mass is 9.68. The third kappa shape index (κ3) is 3.44. The molecule has 1 aromatic rings.